The van der Waals surface area contributed by atoms with E-state index in [9.17, 15) is 18.0 Å². The summed E-state index contributed by atoms with van der Waals surface area (Å²) in [6, 6.07) is 11.2. The van der Waals surface area contributed by atoms with Crippen molar-refractivity contribution in [1.29, 1.82) is 0 Å². The van der Waals surface area contributed by atoms with Crippen molar-refractivity contribution in [2.75, 3.05) is 32.1 Å². The lowest BCUT2D eigenvalue weighted by atomic mass is 10.1. The van der Waals surface area contributed by atoms with Gasteiger partial charge < -0.3 is 14.8 Å². The topological polar surface area (TPSA) is 102 Å². The van der Waals surface area contributed by atoms with Crippen molar-refractivity contribution in [2.45, 2.75) is 31.1 Å². The first kappa shape index (κ1) is 22.8. The molecule has 31 heavy (non-hydrogen) atoms. The Labute approximate surface area is 182 Å². The number of aryl methyl sites for hydroxylation is 1. The summed E-state index contributed by atoms with van der Waals surface area (Å²) < 4.78 is 37.6. The van der Waals surface area contributed by atoms with Crippen molar-refractivity contribution in [3.63, 3.8) is 0 Å². The molecule has 1 fully saturated rings. The largest absolute Gasteiger partial charge is 0.495 e. The zero-order valence-electron chi connectivity index (χ0n) is 17.6. The predicted molar refractivity (Wildman–Crippen MR) is 116 cm³/mol. The quantitative estimate of drug-likeness (QED) is 0.656. The maximum atomic E-state index is 12.9. The van der Waals surface area contributed by atoms with Gasteiger partial charge in [-0.05, 0) is 50.1 Å². The zero-order chi connectivity index (χ0) is 22.4. The summed E-state index contributed by atoms with van der Waals surface area (Å²) in [5.74, 6) is -0.921. The van der Waals surface area contributed by atoms with Crippen molar-refractivity contribution in [3.8, 4) is 5.75 Å². The van der Waals surface area contributed by atoms with E-state index in [1.165, 1.54) is 29.6 Å². The zero-order valence-corrected chi connectivity index (χ0v) is 18.4. The highest BCUT2D eigenvalue weighted by atomic mass is 32.2. The van der Waals surface area contributed by atoms with Crippen LogP contribution >= 0.6 is 0 Å². The van der Waals surface area contributed by atoms with Gasteiger partial charge in [0, 0.05) is 13.1 Å². The molecule has 0 saturated carbocycles. The summed E-state index contributed by atoms with van der Waals surface area (Å²) in [6.07, 6.45) is 2.66. The minimum absolute atomic E-state index is 0.0715. The van der Waals surface area contributed by atoms with Crippen LogP contribution in [-0.4, -0.2) is 51.4 Å². The number of hydrogen-bond donors (Lipinski definition) is 1. The fourth-order valence-corrected chi connectivity index (χ4v) is 4.92. The molecule has 1 amide bonds. The highest BCUT2D eigenvalue weighted by Crippen LogP contribution is 2.30. The molecule has 9 heteroatoms. The predicted octanol–water partition coefficient (Wildman–Crippen LogP) is 2.97. The van der Waals surface area contributed by atoms with Crippen LogP contribution < -0.4 is 10.1 Å². The first-order valence-corrected chi connectivity index (χ1v) is 11.5. The van der Waals surface area contributed by atoms with Gasteiger partial charge in [0.15, 0.2) is 6.61 Å². The first-order chi connectivity index (χ1) is 14.8. The van der Waals surface area contributed by atoms with E-state index in [4.69, 9.17) is 9.47 Å². The Morgan fingerprint density at radius 1 is 1.06 bits per heavy atom. The number of sulfonamides is 1. The molecule has 2 aromatic rings. The van der Waals surface area contributed by atoms with E-state index in [0.29, 0.717) is 24.4 Å². The molecule has 0 unspecified atom stereocenters. The first-order valence-electron chi connectivity index (χ1n) is 10.0. The lowest BCUT2D eigenvalue weighted by Gasteiger charge is -2.26. The molecule has 0 radical (unpaired) electrons. The molecule has 1 aliphatic rings. The molecule has 2 aromatic carbocycles. The molecule has 1 heterocycles. The lowest BCUT2D eigenvalue weighted by Crippen LogP contribution is -2.35. The van der Waals surface area contributed by atoms with Gasteiger partial charge in [0.1, 0.15) is 5.75 Å². The second-order valence-electron chi connectivity index (χ2n) is 7.32. The number of esters is 1. The normalized spacial score (nSPS) is 14.6. The van der Waals surface area contributed by atoms with Crippen LogP contribution in [0.2, 0.25) is 0 Å². The summed E-state index contributed by atoms with van der Waals surface area (Å²) in [5.41, 5.74) is 1.44. The van der Waals surface area contributed by atoms with Crippen LogP contribution in [0.4, 0.5) is 5.69 Å². The fourth-order valence-electron chi connectivity index (χ4n) is 3.37. The third kappa shape index (κ3) is 5.62. The second kappa shape index (κ2) is 9.93. The summed E-state index contributed by atoms with van der Waals surface area (Å²) in [4.78, 5) is 24.5. The minimum atomic E-state index is -3.67. The maximum Gasteiger partial charge on any atom is 0.338 e. The molecule has 1 N–H and O–H groups in total. The molecule has 3 rings (SSSR count). The molecular weight excluding hydrogens is 420 g/mol. The Bertz CT molecular complexity index is 1060. The number of benzene rings is 2. The van der Waals surface area contributed by atoms with Crippen LogP contribution in [0.15, 0.2) is 47.4 Å². The van der Waals surface area contributed by atoms with Gasteiger partial charge in [0.05, 0.1) is 23.3 Å². The lowest BCUT2D eigenvalue weighted by molar-refractivity contribution is -0.119. The van der Waals surface area contributed by atoms with Crippen molar-refractivity contribution < 1.29 is 27.5 Å². The van der Waals surface area contributed by atoms with Crippen molar-refractivity contribution in [2.24, 2.45) is 0 Å². The Hall–Kier alpha value is -2.91. The molecule has 0 spiro atoms. The van der Waals surface area contributed by atoms with E-state index in [2.05, 4.69) is 5.32 Å². The van der Waals surface area contributed by atoms with Crippen LogP contribution in [0.3, 0.4) is 0 Å². The van der Waals surface area contributed by atoms with E-state index >= 15 is 0 Å². The number of rotatable bonds is 7. The molecule has 0 aromatic heterocycles. The van der Waals surface area contributed by atoms with Gasteiger partial charge in [-0.2, -0.15) is 4.31 Å². The van der Waals surface area contributed by atoms with E-state index in [1.807, 2.05) is 13.0 Å². The second-order valence-corrected chi connectivity index (χ2v) is 9.26. The number of carbonyl (C=O) groups is 2. The van der Waals surface area contributed by atoms with Crippen molar-refractivity contribution >= 4 is 27.6 Å². The molecule has 1 aliphatic heterocycles. The van der Waals surface area contributed by atoms with Gasteiger partial charge >= 0.3 is 5.97 Å². The summed E-state index contributed by atoms with van der Waals surface area (Å²) in [6.45, 7) is 2.29. The smallest absolute Gasteiger partial charge is 0.338 e. The molecule has 0 aliphatic carbocycles. The van der Waals surface area contributed by atoms with Gasteiger partial charge in [-0.15, -0.1) is 0 Å². The molecule has 1 saturated heterocycles. The average molecular weight is 447 g/mol. The van der Waals surface area contributed by atoms with Gasteiger partial charge in [-0.25, -0.2) is 13.2 Å². The Morgan fingerprint density at radius 2 is 1.81 bits per heavy atom. The molecule has 8 nitrogen and oxygen atoms in total. The van der Waals surface area contributed by atoms with E-state index in [0.717, 1.165) is 24.8 Å². The maximum absolute atomic E-state index is 12.9. The Morgan fingerprint density at radius 3 is 2.48 bits per heavy atom. The monoisotopic (exact) mass is 446 g/mol. The van der Waals surface area contributed by atoms with E-state index in [-0.39, 0.29) is 10.6 Å². The van der Waals surface area contributed by atoms with Gasteiger partial charge in [0.25, 0.3) is 5.91 Å². The number of nitrogens with one attached hydrogen (secondary N) is 1. The van der Waals surface area contributed by atoms with Gasteiger partial charge in [-0.3, -0.25) is 4.79 Å². The third-order valence-electron chi connectivity index (χ3n) is 4.99. The summed E-state index contributed by atoms with van der Waals surface area (Å²) in [5, 5.41) is 2.57. The number of anilines is 1. The minimum Gasteiger partial charge on any atom is -0.495 e. The number of methoxy groups -OCH3 is 1. The third-order valence-corrected chi connectivity index (χ3v) is 6.88. The highest BCUT2D eigenvalue weighted by molar-refractivity contribution is 7.89. The molecule has 166 valence electrons. The Kier molecular flexibility index (Phi) is 7.29. The van der Waals surface area contributed by atoms with E-state index in [1.54, 1.807) is 18.2 Å². The standard InChI is InChI=1S/C22H26N2O6S/c1-16-7-6-8-17(13-16)22(26)30-15-21(25)23-19-14-18(9-10-20(19)29-2)31(27,28)24-11-4-3-5-12-24/h6-10,13-14H,3-5,11-12,15H2,1-2H3,(H,23,25). The molecular formula is C22H26N2O6S. The van der Waals surface area contributed by atoms with Crippen molar-refractivity contribution in [1.82, 2.24) is 4.31 Å². The van der Waals surface area contributed by atoms with Crippen LogP contribution in [0.1, 0.15) is 35.2 Å². The molecule has 0 atom stereocenters. The number of ether oxygens (including phenoxy) is 2. The van der Waals surface area contributed by atoms with Crippen LogP contribution in [0, 0.1) is 6.92 Å². The number of amides is 1. The number of nitrogens with zero attached hydrogens (tertiary/aromatic N) is 1. The van der Waals surface area contributed by atoms with Crippen LogP contribution in [0.5, 0.6) is 5.75 Å². The number of carbonyl (C=O) groups excluding carboxylic acids is 2. The van der Waals surface area contributed by atoms with Gasteiger partial charge in [0.2, 0.25) is 10.0 Å². The summed E-state index contributed by atoms with van der Waals surface area (Å²) in [7, 11) is -2.25. The van der Waals surface area contributed by atoms with Crippen molar-refractivity contribution in [3.05, 3.63) is 53.6 Å². The summed E-state index contributed by atoms with van der Waals surface area (Å²) >= 11 is 0. The Balaban J connectivity index is 1.70. The number of piperidine rings is 1. The molecule has 0 bridgehead atoms. The average Bonchev–Trinajstić information content (AvgIpc) is 2.78. The van der Waals surface area contributed by atoms with Crippen LogP contribution in [-0.2, 0) is 19.6 Å². The van der Waals surface area contributed by atoms with E-state index < -0.39 is 28.5 Å². The van der Waals surface area contributed by atoms with Crippen LogP contribution in [0.25, 0.3) is 0 Å². The SMILES string of the molecule is COc1ccc(S(=O)(=O)N2CCCCC2)cc1NC(=O)COC(=O)c1cccc(C)c1. The number of hydrogen-bond acceptors (Lipinski definition) is 6. The highest BCUT2D eigenvalue weighted by Gasteiger charge is 2.27. The fraction of sp³-hybridized carbons (Fsp3) is 0.364. The van der Waals surface area contributed by atoms with Gasteiger partial charge in [-0.1, -0.05) is 24.1 Å².